The van der Waals surface area contributed by atoms with E-state index in [0.717, 1.165) is 0 Å². The van der Waals surface area contributed by atoms with Crippen LogP contribution in [0.2, 0.25) is 0 Å². The second kappa shape index (κ2) is 17.5. The highest BCUT2D eigenvalue weighted by molar-refractivity contribution is 5.98. The zero-order chi connectivity index (χ0) is 33.0. The maximum absolute atomic E-state index is 13.6. The number of carbonyl (C=O) groups excluding carboxylic acids is 6. The normalized spacial score (nSPS) is 17.7. The lowest BCUT2D eigenvalue weighted by molar-refractivity contribution is -0.137. The zero-order valence-electron chi connectivity index (χ0n) is 26.9. The van der Waals surface area contributed by atoms with E-state index in [1.807, 2.05) is 13.8 Å². The van der Waals surface area contributed by atoms with Crippen LogP contribution in [0, 0.1) is 36.5 Å². The molecule has 0 unspecified atom stereocenters. The van der Waals surface area contributed by atoms with Gasteiger partial charge in [0.15, 0.2) is 11.6 Å². The lowest BCUT2D eigenvalue weighted by Crippen LogP contribution is -2.48. The molecule has 1 saturated heterocycles. The molecule has 3 N–H and O–H groups in total. The lowest BCUT2D eigenvalue weighted by atomic mass is 9.86. The van der Waals surface area contributed by atoms with Crippen molar-refractivity contribution in [2.24, 2.45) is 29.6 Å². The molecule has 0 aliphatic carbocycles. The fourth-order valence-corrected chi connectivity index (χ4v) is 5.16. The van der Waals surface area contributed by atoms with Crippen LogP contribution in [0.25, 0.3) is 0 Å². The number of carbonyl (C=O) groups is 6. The van der Waals surface area contributed by atoms with E-state index in [2.05, 4.69) is 21.1 Å². The first-order chi connectivity index (χ1) is 20.7. The van der Waals surface area contributed by atoms with Crippen molar-refractivity contribution in [1.82, 2.24) is 21.1 Å². The molecule has 0 bridgehead atoms. The second-order valence-electron chi connectivity index (χ2n) is 12.3. The molecule has 44 heavy (non-hydrogen) atoms. The summed E-state index contributed by atoms with van der Waals surface area (Å²) in [6.07, 6.45) is 3.87. The van der Waals surface area contributed by atoms with Gasteiger partial charge in [-0.1, -0.05) is 45.9 Å². The number of rotatable bonds is 18. The Hall–Kier alpha value is -3.83. The van der Waals surface area contributed by atoms with Crippen molar-refractivity contribution in [3.8, 4) is 0 Å². The van der Waals surface area contributed by atoms with Crippen LogP contribution in [0.4, 0.5) is 0 Å². The van der Waals surface area contributed by atoms with Gasteiger partial charge in [-0.2, -0.15) is 0 Å². The average Bonchev–Trinajstić information content (AvgIpc) is 3.56. The first-order valence-electron chi connectivity index (χ1n) is 15.4. The maximum atomic E-state index is 13.6. The van der Waals surface area contributed by atoms with E-state index in [1.165, 1.54) is 18.2 Å². The number of hydrogen-bond donors (Lipinski definition) is 3. The van der Waals surface area contributed by atoms with Crippen molar-refractivity contribution >= 4 is 35.3 Å². The molecule has 0 aromatic carbocycles. The molecular formula is C32H48N4O8. The first kappa shape index (κ1) is 36.4. The minimum absolute atomic E-state index is 0.0889. The van der Waals surface area contributed by atoms with Gasteiger partial charge >= 0.3 is 5.97 Å². The molecule has 2 heterocycles. The molecular weight excluding hydrogens is 568 g/mol. The van der Waals surface area contributed by atoms with Crippen molar-refractivity contribution in [2.45, 2.75) is 92.7 Å². The van der Waals surface area contributed by atoms with Gasteiger partial charge in [-0.15, -0.1) is 0 Å². The molecule has 1 aliphatic rings. The van der Waals surface area contributed by atoms with Crippen molar-refractivity contribution in [1.29, 1.82) is 0 Å². The summed E-state index contributed by atoms with van der Waals surface area (Å²) in [5.41, 5.74) is 0.144. The van der Waals surface area contributed by atoms with Crippen LogP contribution < -0.4 is 16.0 Å². The number of amides is 3. The predicted octanol–water partition coefficient (Wildman–Crippen LogP) is 3.08. The Morgan fingerprint density at radius 2 is 1.80 bits per heavy atom. The summed E-state index contributed by atoms with van der Waals surface area (Å²) in [6.45, 7) is 13.2. The van der Waals surface area contributed by atoms with Gasteiger partial charge in [0.25, 0.3) is 0 Å². The molecule has 12 nitrogen and oxygen atoms in total. The minimum Gasteiger partial charge on any atom is -0.463 e. The summed E-state index contributed by atoms with van der Waals surface area (Å²) in [4.78, 5) is 76.9. The minimum atomic E-state index is -0.862. The number of esters is 1. The maximum Gasteiger partial charge on any atom is 0.330 e. The molecule has 5 atom stereocenters. The van der Waals surface area contributed by atoms with E-state index in [4.69, 9.17) is 9.26 Å². The average molecular weight is 617 g/mol. The van der Waals surface area contributed by atoms with Gasteiger partial charge in [-0.25, -0.2) is 4.79 Å². The van der Waals surface area contributed by atoms with Crippen molar-refractivity contribution in [3.05, 3.63) is 29.7 Å². The van der Waals surface area contributed by atoms with Crippen LogP contribution in [-0.2, 0) is 28.7 Å². The zero-order valence-corrected chi connectivity index (χ0v) is 26.9. The Morgan fingerprint density at radius 3 is 2.34 bits per heavy atom. The number of nitrogens with zero attached hydrogens (tertiary/aromatic N) is 1. The summed E-state index contributed by atoms with van der Waals surface area (Å²) in [5.74, 6) is -3.56. The molecule has 1 aliphatic heterocycles. The summed E-state index contributed by atoms with van der Waals surface area (Å²) in [5, 5.41) is 12.2. The molecule has 2 rings (SSSR count). The Kier molecular flexibility index (Phi) is 14.4. The first-order valence-corrected chi connectivity index (χ1v) is 15.4. The Balaban J connectivity index is 2.13. The van der Waals surface area contributed by atoms with E-state index in [-0.39, 0.29) is 66.3 Å². The third-order valence-corrected chi connectivity index (χ3v) is 7.52. The molecule has 0 saturated carbocycles. The molecule has 1 aromatic rings. The number of ketones is 2. The van der Waals surface area contributed by atoms with Crippen LogP contribution in [-0.4, -0.2) is 65.6 Å². The van der Waals surface area contributed by atoms with Crippen molar-refractivity contribution < 1.29 is 38.0 Å². The van der Waals surface area contributed by atoms with E-state index in [0.29, 0.717) is 31.6 Å². The predicted molar refractivity (Wildman–Crippen MR) is 162 cm³/mol. The van der Waals surface area contributed by atoms with E-state index < -0.39 is 35.8 Å². The van der Waals surface area contributed by atoms with E-state index in [1.54, 1.807) is 34.6 Å². The largest absolute Gasteiger partial charge is 0.463 e. The summed E-state index contributed by atoms with van der Waals surface area (Å²) in [7, 11) is 0. The molecule has 1 fully saturated rings. The summed E-state index contributed by atoms with van der Waals surface area (Å²) in [6, 6.07) is 0.0176. The quantitative estimate of drug-likeness (QED) is 0.127. The third kappa shape index (κ3) is 11.7. The van der Waals surface area contributed by atoms with Gasteiger partial charge in [0.2, 0.25) is 17.7 Å². The number of hydrogen-bond acceptors (Lipinski definition) is 9. The van der Waals surface area contributed by atoms with Crippen LogP contribution in [0.5, 0.6) is 0 Å². The standard InChI is InChI=1S/C32H48N4O8/c1-8-43-28(39)10-9-24(16-22-11-12-33-31(22)41)34-32(42)23(13-18(2)3)17-27(38)29(19(4)5)35-30(40)20(6)14-26(37)25-15-21(7)44-36-25/h9-10,15,18-20,22-24,29H,8,11-14,16-17H2,1-7H3,(H,33,41)(H,34,42)(H,35,40)/b10-9+/t20-,22-,23+,24+,29-/m0/s1. The highest BCUT2D eigenvalue weighted by Gasteiger charge is 2.33. The van der Waals surface area contributed by atoms with Crippen LogP contribution in [0.1, 0.15) is 89.9 Å². The third-order valence-electron chi connectivity index (χ3n) is 7.52. The van der Waals surface area contributed by atoms with Crippen LogP contribution in [0.15, 0.2) is 22.7 Å². The Labute approximate surface area is 259 Å². The second-order valence-corrected chi connectivity index (χ2v) is 12.3. The van der Waals surface area contributed by atoms with E-state index >= 15 is 0 Å². The van der Waals surface area contributed by atoms with Gasteiger partial charge in [0.1, 0.15) is 11.5 Å². The highest BCUT2D eigenvalue weighted by Crippen LogP contribution is 2.22. The lowest BCUT2D eigenvalue weighted by Gasteiger charge is -2.27. The van der Waals surface area contributed by atoms with Crippen LogP contribution >= 0.6 is 0 Å². The molecule has 1 aromatic heterocycles. The molecule has 3 amide bonds. The smallest absolute Gasteiger partial charge is 0.330 e. The Bertz CT molecular complexity index is 1200. The van der Waals surface area contributed by atoms with Crippen LogP contribution in [0.3, 0.4) is 0 Å². The monoisotopic (exact) mass is 616 g/mol. The highest BCUT2D eigenvalue weighted by atomic mass is 16.5. The number of nitrogens with one attached hydrogen (secondary N) is 3. The molecule has 244 valence electrons. The van der Waals surface area contributed by atoms with Crippen molar-refractivity contribution in [2.75, 3.05) is 13.2 Å². The summed E-state index contributed by atoms with van der Waals surface area (Å²) >= 11 is 0. The van der Waals surface area contributed by atoms with Crippen molar-refractivity contribution in [3.63, 3.8) is 0 Å². The van der Waals surface area contributed by atoms with Gasteiger partial charge in [0, 0.05) is 55.3 Å². The number of ether oxygens (including phenoxy) is 1. The molecule has 0 radical (unpaired) electrons. The molecule has 0 spiro atoms. The van der Waals surface area contributed by atoms with Gasteiger partial charge in [-0.05, 0) is 44.9 Å². The fourth-order valence-electron chi connectivity index (χ4n) is 5.16. The fraction of sp³-hybridized carbons (Fsp3) is 0.656. The number of aromatic nitrogens is 1. The van der Waals surface area contributed by atoms with Gasteiger partial charge in [-0.3, -0.25) is 24.0 Å². The van der Waals surface area contributed by atoms with Gasteiger partial charge in [0.05, 0.1) is 12.6 Å². The number of aryl methyl sites for hydroxylation is 1. The van der Waals surface area contributed by atoms with E-state index in [9.17, 15) is 28.8 Å². The number of Topliss-reactive ketones (excluding diaryl/α,β-unsaturated/α-hetero) is 2. The Morgan fingerprint density at radius 1 is 1.09 bits per heavy atom. The van der Waals surface area contributed by atoms with Gasteiger partial charge < -0.3 is 25.2 Å². The summed E-state index contributed by atoms with van der Waals surface area (Å²) < 4.78 is 9.90. The topological polar surface area (TPSA) is 174 Å². The molecule has 12 heteroatoms. The SMILES string of the molecule is CCOC(=O)/C=C/[C@H](C[C@@H]1CCNC1=O)NC(=O)[C@@H](CC(=O)[C@@H](NC(=O)[C@@H](C)CC(=O)c1cc(C)on1)C(C)C)CC(C)C.